The van der Waals surface area contributed by atoms with E-state index in [-0.39, 0.29) is 11.9 Å². The van der Waals surface area contributed by atoms with Crippen LogP contribution in [0, 0.1) is 0 Å². The smallest absolute Gasteiger partial charge is 0.322 e. The minimum Gasteiger partial charge on any atom is -0.493 e. The van der Waals surface area contributed by atoms with E-state index in [2.05, 4.69) is 27.6 Å². The molecule has 3 aromatic rings. The van der Waals surface area contributed by atoms with Crippen LogP contribution in [-0.2, 0) is 10.5 Å². The molecule has 0 aliphatic rings. The number of aromatic nitrogens is 2. The van der Waals surface area contributed by atoms with Crippen molar-refractivity contribution in [1.29, 1.82) is 0 Å². The normalized spacial score (nSPS) is 10.6. The number of nitrogens with zero attached hydrogens (tertiary/aromatic N) is 2. The van der Waals surface area contributed by atoms with Gasteiger partial charge in [-0.1, -0.05) is 35.4 Å². The van der Waals surface area contributed by atoms with Gasteiger partial charge in [0.25, 0.3) is 0 Å². The summed E-state index contributed by atoms with van der Waals surface area (Å²) in [6, 6.07) is 15.6. The minimum absolute atomic E-state index is 0.0803. The van der Waals surface area contributed by atoms with Crippen molar-refractivity contribution in [2.75, 3.05) is 25.3 Å². The van der Waals surface area contributed by atoms with Crippen molar-refractivity contribution in [3.8, 4) is 23.0 Å². The molecule has 1 aromatic heterocycles. The van der Waals surface area contributed by atoms with E-state index in [0.717, 1.165) is 17.9 Å². The lowest BCUT2D eigenvalue weighted by Crippen LogP contribution is -2.11. The zero-order valence-corrected chi connectivity index (χ0v) is 17.2. The van der Waals surface area contributed by atoms with Gasteiger partial charge in [-0.05, 0) is 35.9 Å². The second-order valence-corrected chi connectivity index (χ2v) is 7.28. The second-order valence-electron chi connectivity index (χ2n) is 6.17. The molecule has 3 rings (SSSR count). The molecule has 1 amide bonds. The molecule has 0 bridgehead atoms. The van der Waals surface area contributed by atoms with Crippen LogP contribution in [0.1, 0.15) is 18.4 Å². The van der Waals surface area contributed by atoms with Crippen LogP contribution in [-0.4, -0.2) is 36.1 Å². The van der Waals surface area contributed by atoms with Crippen molar-refractivity contribution in [2.45, 2.75) is 18.6 Å². The summed E-state index contributed by atoms with van der Waals surface area (Å²) in [5.41, 5.74) is 1.96. The molecular formula is C21H23N3O4S. The fraction of sp³-hybridized carbons (Fsp3) is 0.286. The summed E-state index contributed by atoms with van der Waals surface area (Å²) in [6.45, 7) is 0. The molecule has 1 N–H and O–H groups in total. The van der Waals surface area contributed by atoms with Crippen LogP contribution < -0.4 is 14.8 Å². The predicted octanol–water partition coefficient (Wildman–Crippen LogP) is 4.41. The maximum absolute atomic E-state index is 12.1. The van der Waals surface area contributed by atoms with Crippen molar-refractivity contribution >= 4 is 23.7 Å². The van der Waals surface area contributed by atoms with Gasteiger partial charge in [0.2, 0.25) is 11.8 Å². The Labute approximate surface area is 173 Å². The van der Waals surface area contributed by atoms with E-state index in [4.69, 9.17) is 13.9 Å². The van der Waals surface area contributed by atoms with E-state index >= 15 is 0 Å². The zero-order chi connectivity index (χ0) is 20.5. The average molecular weight is 413 g/mol. The summed E-state index contributed by atoms with van der Waals surface area (Å²) < 4.78 is 16.0. The van der Waals surface area contributed by atoms with Crippen LogP contribution >= 0.6 is 11.8 Å². The molecule has 152 valence electrons. The van der Waals surface area contributed by atoms with Gasteiger partial charge in [-0.15, -0.1) is 5.10 Å². The van der Waals surface area contributed by atoms with Gasteiger partial charge < -0.3 is 13.9 Å². The third-order valence-corrected chi connectivity index (χ3v) is 5.22. The number of thioether (sulfide) groups is 1. The lowest BCUT2D eigenvalue weighted by atomic mass is 10.2. The fourth-order valence-electron chi connectivity index (χ4n) is 2.64. The number of nitrogens with one attached hydrogen (secondary N) is 1. The summed E-state index contributed by atoms with van der Waals surface area (Å²) in [7, 11) is 3.12. The standard InChI is InChI=1S/C21H23N3O4S/c1-26-17-11-10-16(13-18(17)27-2)20-23-24-21(28-20)22-19(25)9-6-12-29-14-15-7-4-3-5-8-15/h3-5,7-8,10-11,13H,6,9,12,14H2,1-2H3,(H,22,24,25). The number of carbonyl (C=O) groups excluding carboxylic acids is 1. The number of hydrogen-bond donors (Lipinski definition) is 1. The van der Waals surface area contributed by atoms with Crippen molar-refractivity contribution in [3.63, 3.8) is 0 Å². The van der Waals surface area contributed by atoms with Gasteiger partial charge >= 0.3 is 6.01 Å². The first-order valence-corrected chi connectivity index (χ1v) is 10.3. The number of anilines is 1. The van der Waals surface area contributed by atoms with Gasteiger partial charge in [-0.25, -0.2) is 0 Å². The Morgan fingerprint density at radius 2 is 1.86 bits per heavy atom. The van der Waals surface area contributed by atoms with Crippen LogP contribution in [0.4, 0.5) is 6.01 Å². The first-order chi connectivity index (χ1) is 14.2. The highest BCUT2D eigenvalue weighted by atomic mass is 32.2. The maximum Gasteiger partial charge on any atom is 0.322 e. The number of carbonyl (C=O) groups is 1. The molecule has 1 heterocycles. The zero-order valence-electron chi connectivity index (χ0n) is 16.4. The number of benzene rings is 2. The number of rotatable bonds is 10. The molecule has 0 aliphatic carbocycles. The Balaban J connectivity index is 1.45. The maximum atomic E-state index is 12.1. The fourth-order valence-corrected chi connectivity index (χ4v) is 3.56. The Kier molecular flexibility index (Phi) is 7.52. The van der Waals surface area contributed by atoms with Crippen molar-refractivity contribution in [2.24, 2.45) is 0 Å². The first-order valence-electron chi connectivity index (χ1n) is 9.17. The van der Waals surface area contributed by atoms with Crippen molar-refractivity contribution < 1.29 is 18.7 Å². The number of methoxy groups -OCH3 is 2. The second kappa shape index (κ2) is 10.5. The number of ether oxygens (including phenoxy) is 2. The summed E-state index contributed by atoms with van der Waals surface area (Å²) in [6.07, 6.45) is 1.18. The highest BCUT2D eigenvalue weighted by molar-refractivity contribution is 7.98. The summed E-state index contributed by atoms with van der Waals surface area (Å²) in [4.78, 5) is 12.1. The number of hydrogen-bond acceptors (Lipinski definition) is 7. The molecule has 0 unspecified atom stereocenters. The highest BCUT2D eigenvalue weighted by Gasteiger charge is 2.13. The van der Waals surface area contributed by atoms with Crippen LogP contribution in [0.15, 0.2) is 52.9 Å². The Hall–Kier alpha value is -3.00. The monoisotopic (exact) mass is 413 g/mol. The van der Waals surface area contributed by atoms with Gasteiger partial charge in [0.1, 0.15) is 0 Å². The van der Waals surface area contributed by atoms with Gasteiger partial charge in [-0.3, -0.25) is 10.1 Å². The molecule has 0 saturated carbocycles. The van der Waals surface area contributed by atoms with Crippen molar-refractivity contribution in [1.82, 2.24) is 10.2 Å². The van der Waals surface area contributed by atoms with E-state index < -0.39 is 0 Å². The van der Waals surface area contributed by atoms with E-state index in [1.165, 1.54) is 5.56 Å². The Morgan fingerprint density at radius 1 is 1.07 bits per heavy atom. The van der Waals surface area contributed by atoms with E-state index in [0.29, 0.717) is 29.4 Å². The SMILES string of the molecule is COc1ccc(-c2nnc(NC(=O)CCCSCc3ccccc3)o2)cc1OC. The third-order valence-electron chi connectivity index (χ3n) is 4.11. The van der Waals surface area contributed by atoms with Gasteiger partial charge in [0.05, 0.1) is 14.2 Å². The van der Waals surface area contributed by atoms with Gasteiger partial charge in [-0.2, -0.15) is 11.8 Å². The molecular weight excluding hydrogens is 390 g/mol. The summed E-state index contributed by atoms with van der Waals surface area (Å²) in [5.74, 6) is 3.16. The molecule has 0 aliphatic heterocycles. The summed E-state index contributed by atoms with van der Waals surface area (Å²) >= 11 is 1.81. The molecule has 0 spiro atoms. The molecule has 0 saturated heterocycles. The minimum atomic E-state index is -0.146. The lowest BCUT2D eigenvalue weighted by molar-refractivity contribution is -0.116. The average Bonchev–Trinajstić information content (AvgIpc) is 3.22. The van der Waals surface area contributed by atoms with E-state index in [9.17, 15) is 4.79 Å². The van der Waals surface area contributed by atoms with Crippen LogP contribution in [0.3, 0.4) is 0 Å². The van der Waals surface area contributed by atoms with Crippen LogP contribution in [0.2, 0.25) is 0 Å². The van der Waals surface area contributed by atoms with Gasteiger partial charge in [0.15, 0.2) is 11.5 Å². The largest absolute Gasteiger partial charge is 0.493 e. The Morgan fingerprint density at radius 3 is 2.62 bits per heavy atom. The van der Waals surface area contributed by atoms with E-state index in [1.807, 2.05) is 30.0 Å². The predicted molar refractivity (Wildman–Crippen MR) is 113 cm³/mol. The molecule has 7 nitrogen and oxygen atoms in total. The quantitative estimate of drug-likeness (QED) is 0.493. The molecule has 0 fully saturated rings. The molecule has 2 aromatic carbocycles. The molecule has 0 radical (unpaired) electrons. The summed E-state index contributed by atoms with van der Waals surface area (Å²) in [5, 5.41) is 10.5. The molecule has 29 heavy (non-hydrogen) atoms. The topological polar surface area (TPSA) is 86.5 Å². The lowest BCUT2D eigenvalue weighted by Gasteiger charge is -2.07. The highest BCUT2D eigenvalue weighted by Crippen LogP contribution is 2.32. The van der Waals surface area contributed by atoms with Crippen LogP contribution in [0.25, 0.3) is 11.5 Å². The number of amides is 1. The van der Waals surface area contributed by atoms with Crippen LogP contribution in [0.5, 0.6) is 11.5 Å². The first kappa shape index (κ1) is 20.7. The van der Waals surface area contributed by atoms with E-state index in [1.54, 1.807) is 32.4 Å². The third kappa shape index (κ3) is 5.99. The Bertz CT molecular complexity index is 931. The van der Waals surface area contributed by atoms with Gasteiger partial charge in [0, 0.05) is 17.7 Å². The molecule has 0 atom stereocenters. The molecule has 8 heteroatoms. The van der Waals surface area contributed by atoms with Crippen molar-refractivity contribution in [3.05, 3.63) is 54.1 Å².